The predicted octanol–water partition coefficient (Wildman–Crippen LogP) is 8.46. The number of hydrogen-bond donors (Lipinski definition) is 0. The quantitative estimate of drug-likeness (QED) is 0.300. The van der Waals surface area contributed by atoms with E-state index in [1.807, 2.05) is 6.08 Å². The molecule has 0 N–H and O–H groups in total. The summed E-state index contributed by atoms with van der Waals surface area (Å²) in [5, 5.41) is 2.47. The molecule has 0 aliphatic rings. The highest BCUT2D eigenvalue weighted by molar-refractivity contribution is 5.98. The van der Waals surface area contributed by atoms with Gasteiger partial charge in [-0.05, 0) is 53.8 Å². The van der Waals surface area contributed by atoms with Crippen molar-refractivity contribution in [2.24, 2.45) is 0 Å². The Hall–Kier alpha value is -3.84. The number of nitrogens with zero attached hydrogens (tertiary/aromatic N) is 1. The van der Waals surface area contributed by atoms with E-state index in [0.29, 0.717) is 0 Å². The first-order chi connectivity index (χ1) is 14.8. The normalized spacial score (nSPS) is 11.7. The molecule has 4 aromatic rings. The van der Waals surface area contributed by atoms with E-state index in [1.54, 1.807) is 6.08 Å². The molecule has 1 nitrogen and oxygen atoms in total. The minimum absolute atomic E-state index is 1.13. The Morgan fingerprint density at radius 2 is 1.40 bits per heavy atom. The Kier molecular flexibility index (Phi) is 5.91. The van der Waals surface area contributed by atoms with Gasteiger partial charge in [0.1, 0.15) is 0 Å². The maximum Gasteiger partial charge on any atom is 0.0540 e. The van der Waals surface area contributed by atoms with Crippen molar-refractivity contribution >= 4 is 33.4 Å². The fourth-order valence-corrected chi connectivity index (χ4v) is 3.74. The average molecular weight is 388 g/mol. The summed E-state index contributed by atoms with van der Waals surface area (Å²) in [6.07, 6.45) is 7.97. The molecule has 4 aromatic carbocycles. The fourth-order valence-electron chi connectivity index (χ4n) is 3.74. The lowest BCUT2D eigenvalue weighted by molar-refractivity contribution is 1.29. The zero-order valence-corrected chi connectivity index (χ0v) is 17.2. The predicted molar refractivity (Wildman–Crippen MR) is 132 cm³/mol. The molecule has 1 heteroatoms. The van der Waals surface area contributed by atoms with E-state index >= 15 is 0 Å². The van der Waals surface area contributed by atoms with Crippen LogP contribution in [0.15, 0.2) is 128 Å². The summed E-state index contributed by atoms with van der Waals surface area (Å²) in [7, 11) is 0. The van der Waals surface area contributed by atoms with Gasteiger partial charge in [0.15, 0.2) is 0 Å². The largest absolute Gasteiger partial charge is 0.310 e. The van der Waals surface area contributed by atoms with Gasteiger partial charge in [0.05, 0.1) is 5.69 Å². The monoisotopic (exact) mass is 387 g/mol. The fraction of sp³-hybridized carbons (Fsp3) is 0.0345. The smallest absolute Gasteiger partial charge is 0.0540 e. The maximum atomic E-state index is 3.77. The summed E-state index contributed by atoms with van der Waals surface area (Å²) in [4.78, 5) is 2.32. The second-order valence-electron chi connectivity index (χ2n) is 7.05. The van der Waals surface area contributed by atoms with Crippen molar-refractivity contribution in [3.63, 3.8) is 0 Å². The summed E-state index contributed by atoms with van der Waals surface area (Å²) in [6.45, 7) is 5.83. The number of allylic oxidation sites excluding steroid dienone is 5. The van der Waals surface area contributed by atoms with E-state index < -0.39 is 0 Å². The molecule has 0 aromatic heterocycles. The summed E-state index contributed by atoms with van der Waals surface area (Å²) >= 11 is 0. The number of benzene rings is 4. The topological polar surface area (TPSA) is 3.24 Å². The lowest BCUT2D eigenvalue weighted by Crippen LogP contribution is -2.10. The zero-order chi connectivity index (χ0) is 20.8. The maximum absolute atomic E-state index is 3.77. The summed E-state index contributed by atoms with van der Waals surface area (Å²) < 4.78 is 0. The average Bonchev–Trinajstić information content (AvgIpc) is 2.81. The molecule has 30 heavy (non-hydrogen) atoms. The molecule has 0 saturated heterocycles. The Bertz CT molecular complexity index is 1190. The van der Waals surface area contributed by atoms with Crippen LogP contribution in [0.25, 0.3) is 16.3 Å². The Morgan fingerprint density at radius 1 is 0.733 bits per heavy atom. The van der Waals surface area contributed by atoms with Gasteiger partial charge < -0.3 is 4.90 Å². The van der Waals surface area contributed by atoms with Gasteiger partial charge in [0, 0.05) is 16.8 Å². The van der Waals surface area contributed by atoms with Crippen molar-refractivity contribution in [3.8, 4) is 0 Å². The van der Waals surface area contributed by atoms with Crippen LogP contribution in [0.1, 0.15) is 12.5 Å². The Labute approximate surface area is 178 Å². The first-order valence-electron chi connectivity index (χ1n) is 10.2. The van der Waals surface area contributed by atoms with Crippen LogP contribution in [-0.4, -0.2) is 0 Å². The van der Waals surface area contributed by atoms with Crippen molar-refractivity contribution in [3.05, 3.63) is 134 Å². The first kappa shape index (κ1) is 19.5. The third-order valence-electron chi connectivity index (χ3n) is 5.20. The van der Waals surface area contributed by atoms with Crippen molar-refractivity contribution < 1.29 is 0 Å². The molecule has 0 amide bonds. The van der Waals surface area contributed by atoms with E-state index in [1.165, 1.54) is 27.6 Å². The van der Waals surface area contributed by atoms with Crippen molar-refractivity contribution in [2.75, 3.05) is 4.90 Å². The van der Waals surface area contributed by atoms with E-state index in [2.05, 4.69) is 128 Å². The molecule has 0 aliphatic heterocycles. The molecule has 0 atom stereocenters. The molecule has 0 aliphatic carbocycles. The number of hydrogen-bond acceptors (Lipinski definition) is 1. The molecule has 0 spiro atoms. The molecule has 0 saturated carbocycles. The van der Waals surface area contributed by atoms with Crippen LogP contribution in [0.4, 0.5) is 17.1 Å². The van der Waals surface area contributed by atoms with Crippen molar-refractivity contribution in [2.45, 2.75) is 6.92 Å². The van der Waals surface area contributed by atoms with Crippen LogP contribution >= 0.6 is 0 Å². The van der Waals surface area contributed by atoms with Crippen molar-refractivity contribution in [1.29, 1.82) is 0 Å². The van der Waals surface area contributed by atoms with Crippen molar-refractivity contribution in [1.82, 2.24) is 0 Å². The zero-order valence-electron chi connectivity index (χ0n) is 17.2. The van der Waals surface area contributed by atoms with Crippen LogP contribution in [0, 0.1) is 0 Å². The molecule has 0 radical (unpaired) electrons. The molecule has 146 valence electrons. The molecular weight excluding hydrogens is 362 g/mol. The minimum Gasteiger partial charge on any atom is -0.310 e. The Balaban J connectivity index is 1.84. The molecule has 0 fully saturated rings. The number of anilines is 3. The van der Waals surface area contributed by atoms with Gasteiger partial charge in [-0.15, -0.1) is 0 Å². The van der Waals surface area contributed by atoms with Gasteiger partial charge in [0.2, 0.25) is 0 Å². The lowest BCUT2D eigenvalue weighted by Gasteiger charge is -2.27. The van der Waals surface area contributed by atoms with Gasteiger partial charge in [0.25, 0.3) is 0 Å². The first-order valence-corrected chi connectivity index (χ1v) is 10.2. The summed E-state index contributed by atoms with van der Waals surface area (Å²) in [6, 6.07) is 34.3. The van der Waals surface area contributed by atoms with Crippen LogP contribution in [0.2, 0.25) is 0 Å². The number of rotatable bonds is 6. The van der Waals surface area contributed by atoms with Crippen LogP contribution < -0.4 is 4.90 Å². The van der Waals surface area contributed by atoms with E-state index in [-0.39, 0.29) is 0 Å². The second-order valence-corrected chi connectivity index (χ2v) is 7.05. The van der Waals surface area contributed by atoms with Crippen LogP contribution in [-0.2, 0) is 0 Å². The van der Waals surface area contributed by atoms with Gasteiger partial charge in [-0.25, -0.2) is 0 Å². The van der Waals surface area contributed by atoms with Gasteiger partial charge in [-0.1, -0.05) is 97.6 Å². The third kappa shape index (κ3) is 3.97. The Morgan fingerprint density at radius 3 is 2.13 bits per heavy atom. The second kappa shape index (κ2) is 9.11. The SMILES string of the molecule is C=CC=CC(=CC)c1ccc(N(c2ccccc2)c2cccc3ccccc23)cc1. The highest BCUT2D eigenvalue weighted by atomic mass is 15.1. The van der Waals surface area contributed by atoms with Crippen LogP contribution in [0.5, 0.6) is 0 Å². The highest BCUT2D eigenvalue weighted by Crippen LogP contribution is 2.38. The highest BCUT2D eigenvalue weighted by Gasteiger charge is 2.14. The molecule has 0 bridgehead atoms. The standard InChI is InChI=1S/C29H25N/c1-3-5-12-23(4-2)24-19-21-27(22-20-24)30(26-15-7-6-8-16-26)29-18-11-14-25-13-9-10-17-28(25)29/h3-22H,1H2,2H3. The van der Waals surface area contributed by atoms with E-state index in [9.17, 15) is 0 Å². The number of fused-ring (bicyclic) bond motifs is 1. The lowest BCUT2D eigenvalue weighted by atomic mass is 10.0. The third-order valence-corrected chi connectivity index (χ3v) is 5.20. The van der Waals surface area contributed by atoms with Gasteiger partial charge in [-0.2, -0.15) is 0 Å². The summed E-state index contributed by atoms with van der Waals surface area (Å²) in [5.41, 5.74) is 5.80. The van der Waals surface area contributed by atoms with Crippen LogP contribution in [0.3, 0.4) is 0 Å². The van der Waals surface area contributed by atoms with E-state index in [0.717, 1.165) is 11.4 Å². The van der Waals surface area contributed by atoms with E-state index in [4.69, 9.17) is 0 Å². The molecule has 0 heterocycles. The summed E-state index contributed by atoms with van der Waals surface area (Å²) in [5.74, 6) is 0. The van der Waals surface area contributed by atoms with Gasteiger partial charge in [-0.3, -0.25) is 0 Å². The minimum atomic E-state index is 1.13. The molecule has 4 rings (SSSR count). The van der Waals surface area contributed by atoms with Gasteiger partial charge >= 0.3 is 0 Å². The number of para-hydroxylation sites is 1. The molecular formula is C29H25N. The molecule has 0 unspecified atom stereocenters.